The molecule has 0 bridgehead atoms. The maximum absolute atomic E-state index is 11.9. The van der Waals surface area contributed by atoms with Crippen LogP contribution in [0.2, 0.25) is 0 Å². The molecule has 0 spiro atoms. The molecule has 0 aliphatic carbocycles. The van der Waals surface area contributed by atoms with E-state index < -0.39 is 0 Å². The minimum absolute atomic E-state index is 0.0767. The molecule has 1 N–H and O–H groups in total. The van der Waals surface area contributed by atoms with Crippen LogP contribution in [-0.2, 0) is 0 Å². The van der Waals surface area contributed by atoms with Gasteiger partial charge in [-0.1, -0.05) is 11.8 Å². The second kappa shape index (κ2) is 5.43. The van der Waals surface area contributed by atoms with Gasteiger partial charge >= 0.3 is 0 Å². The maximum atomic E-state index is 11.9. The fourth-order valence-electron chi connectivity index (χ4n) is 1.15. The average Bonchev–Trinajstić information content (AvgIpc) is 2.28. The van der Waals surface area contributed by atoms with Crippen LogP contribution in [0.15, 0.2) is 18.5 Å². The zero-order chi connectivity index (χ0) is 12.0. The first kappa shape index (κ1) is 11.6. The molecule has 1 rings (SSSR count). The highest BCUT2D eigenvalue weighted by Gasteiger charge is 2.14. The SMILES string of the molecule is C#CCN(CC#C)C(=O)c1cncc(O)c1. The van der Waals surface area contributed by atoms with Crippen LogP contribution in [0.4, 0.5) is 0 Å². The zero-order valence-corrected chi connectivity index (χ0v) is 8.55. The van der Waals surface area contributed by atoms with Crippen molar-refractivity contribution in [3.05, 3.63) is 24.0 Å². The van der Waals surface area contributed by atoms with Crippen molar-refractivity contribution in [3.63, 3.8) is 0 Å². The second-order valence-electron chi connectivity index (χ2n) is 3.00. The summed E-state index contributed by atoms with van der Waals surface area (Å²) >= 11 is 0. The Balaban J connectivity index is 2.91. The topological polar surface area (TPSA) is 53.4 Å². The Hall–Kier alpha value is -2.46. The molecule has 0 atom stereocenters. The van der Waals surface area contributed by atoms with E-state index in [4.69, 9.17) is 12.8 Å². The van der Waals surface area contributed by atoms with Gasteiger partial charge in [0.15, 0.2) is 0 Å². The summed E-state index contributed by atoms with van der Waals surface area (Å²) in [6.07, 6.45) is 12.8. The summed E-state index contributed by atoms with van der Waals surface area (Å²) in [5.74, 6) is 4.26. The van der Waals surface area contributed by atoms with E-state index in [9.17, 15) is 9.90 Å². The number of hydrogen-bond donors (Lipinski definition) is 1. The number of amides is 1. The van der Waals surface area contributed by atoms with E-state index in [-0.39, 0.29) is 30.3 Å². The lowest BCUT2D eigenvalue weighted by Gasteiger charge is -2.16. The van der Waals surface area contributed by atoms with Crippen LogP contribution in [0.25, 0.3) is 0 Å². The summed E-state index contributed by atoms with van der Waals surface area (Å²) in [4.78, 5) is 16.9. The van der Waals surface area contributed by atoms with Gasteiger partial charge in [-0.3, -0.25) is 9.78 Å². The minimum atomic E-state index is -0.348. The second-order valence-corrected chi connectivity index (χ2v) is 3.00. The molecule has 16 heavy (non-hydrogen) atoms. The molecule has 80 valence electrons. The van der Waals surface area contributed by atoms with Crippen molar-refractivity contribution < 1.29 is 9.90 Å². The van der Waals surface area contributed by atoms with Gasteiger partial charge in [0.1, 0.15) is 5.75 Å². The number of carbonyl (C=O) groups is 1. The van der Waals surface area contributed by atoms with E-state index in [1.165, 1.54) is 23.4 Å². The number of carbonyl (C=O) groups excluding carboxylic acids is 1. The van der Waals surface area contributed by atoms with E-state index in [2.05, 4.69) is 16.8 Å². The van der Waals surface area contributed by atoms with Gasteiger partial charge in [0, 0.05) is 6.20 Å². The molecular formula is C12H10N2O2. The van der Waals surface area contributed by atoms with Crippen molar-refractivity contribution in [3.8, 4) is 30.4 Å². The molecule has 0 unspecified atom stereocenters. The number of aromatic hydroxyl groups is 1. The highest BCUT2D eigenvalue weighted by Crippen LogP contribution is 2.10. The molecule has 0 saturated carbocycles. The standard InChI is InChI=1S/C12H10N2O2/c1-3-5-14(6-4-2)12(16)10-7-11(15)9-13-8-10/h1-2,7-9,15H,5-6H2. The van der Waals surface area contributed by atoms with Crippen molar-refractivity contribution in [2.45, 2.75) is 0 Å². The number of nitrogens with zero attached hydrogens (tertiary/aromatic N) is 2. The average molecular weight is 214 g/mol. The molecule has 0 aliphatic rings. The Labute approximate surface area is 93.9 Å². The fraction of sp³-hybridized carbons (Fsp3) is 0.167. The maximum Gasteiger partial charge on any atom is 0.257 e. The Morgan fingerprint density at radius 2 is 2.00 bits per heavy atom. The molecule has 4 nitrogen and oxygen atoms in total. The third kappa shape index (κ3) is 2.76. The molecule has 1 aromatic rings. The number of rotatable bonds is 3. The third-order valence-electron chi connectivity index (χ3n) is 1.82. The van der Waals surface area contributed by atoms with Gasteiger partial charge < -0.3 is 10.0 Å². The van der Waals surface area contributed by atoms with Gasteiger partial charge in [0.2, 0.25) is 0 Å². The summed E-state index contributed by atoms with van der Waals surface area (Å²) in [5.41, 5.74) is 0.255. The lowest BCUT2D eigenvalue weighted by atomic mass is 10.2. The largest absolute Gasteiger partial charge is 0.506 e. The molecular weight excluding hydrogens is 204 g/mol. The first-order valence-electron chi connectivity index (χ1n) is 4.49. The molecule has 4 heteroatoms. The normalized spacial score (nSPS) is 8.88. The summed E-state index contributed by atoms with van der Waals surface area (Å²) < 4.78 is 0. The summed E-state index contributed by atoms with van der Waals surface area (Å²) in [6.45, 7) is 0.247. The Morgan fingerprint density at radius 3 is 2.50 bits per heavy atom. The predicted molar refractivity (Wildman–Crippen MR) is 59.5 cm³/mol. The van der Waals surface area contributed by atoms with Crippen molar-refractivity contribution in [2.75, 3.05) is 13.1 Å². The van der Waals surface area contributed by atoms with Crippen molar-refractivity contribution >= 4 is 5.91 Å². The Morgan fingerprint density at radius 1 is 1.38 bits per heavy atom. The van der Waals surface area contributed by atoms with Gasteiger partial charge in [-0.15, -0.1) is 12.8 Å². The smallest absolute Gasteiger partial charge is 0.257 e. The van der Waals surface area contributed by atoms with Gasteiger partial charge in [-0.25, -0.2) is 0 Å². The Kier molecular flexibility index (Phi) is 3.94. The van der Waals surface area contributed by atoms with Crippen LogP contribution in [0.1, 0.15) is 10.4 Å². The zero-order valence-electron chi connectivity index (χ0n) is 8.55. The molecule has 0 aromatic carbocycles. The quantitative estimate of drug-likeness (QED) is 0.745. The molecule has 1 amide bonds. The van der Waals surface area contributed by atoms with Gasteiger partial charge in [0.05, 0.1) is 24.8 Å². The summed E-state index contributed by atoms with van der Waals surface area (Å²) in [7, 11) is 0. The van der Waals surface area contributed by atoms with Crippen LogP contribution in [0.5, 0.6) is 5.75 Å². The van der Waals surface area contributed by atoms with Crippen LogP contribution in [0.3, 0.4) is 0 Å². The molecule has 0 fully saturated rings. The van der Waals surface area contributed by atoms with Gasteiger partial charge in [-0.05, 0) is 6.07 Å². The van der Waals surface area contributed by atoms with E-state index >= 15 is 0 Å². The highest BCUT2D eigenvalue weighted by atomic mass is 16.3. The molecule has 1 heterocycles. The minimum Gasteiger partial charge on any atom is -0.506 e. The lowest BCUT2D eigenvalue weighted by Crippen LogP contribution is -2.31. The fourth-order valence-corrected chi connectivity index (χ4v) is 1.15. The number of pyridine rings is 1. The number of hydrogen-bond acceptors (Lipinski definition) is 3. The highest BCUT2D eigenvalue weighted by molar-refractivity contribution is 5.94. The van der Waals surface area contributed by atoms with Crippen molar-refractivity contribution in [1.29, 1.82) is 0 Å². The monoisotopic (exact) mass is 214 g/mol. The van der Waals surface area contributed by atoms with Crippen LogP contribution < -0.4 is 0 Å². The van der Waals surface area contributed by atoms with E-state index in [0.717, 1.165) is 0 Å². The Bertz CT molecular complexity index is 453. The van der Waals surface area contributed by atoms with Crippen LogP contribution in [-0.4, -0.2) is 34.0 Å². The van der Waals surface area contributed by atoms with E-state index in [1.54, 1.807) is 0 Å². The van der Waals surface area contributed by atoms with Crippen LogP contribution >= 0.6 is 0 Å². The van der Waals surface area contributed by atoms with Crippen LogP contribution in [0, 0.1) is 24.7 Å². The molecule has 0 saturated heterocycles. The number of aromatic nitrogens is 1. The van der Waals surface area contributed by atoms with Gasteiger partial charge in [0.25, 0.3) is 5.91 Å². The molecule has 0 radical (unpaired) electrons. The number of terminal acetylenes is 2. The summed E-state index contributed by atoms with van der Waals surface area (Å²) in [5, 5.41) is 9.19. The lowest BCUT2D eigenvalue weighted by molar-refractivity contribution is 0.0795. The summed E-state index contributed by atoms with van der Waals surface area (Å²) in [6, 6.07) is 1.31. The first-order chi connectivity index (χ1) is 7.69. The molecule has 0 aliphatic heterocycles. The van der Waals surface area contributed by atoms with Gasteiger partial charge in [-0.2, -0.15) is 0 Å². The van der Waals surface area contributed by atoms with Crippen molar-refractivity contribution in [2.24, 2.45) is 0 Å². The predicted octanol–water partition coefficient (Wildman–Crippen LogP) is 0.496. The van der Waals surface area contributed by atoms with E-state index in [0.29, 0.717) is 0 Å². The van der Waals surface area contributed by atoms with Crippen molar-refractivity contribution in [1.82, 2.24) is 9.88 Å². The first-order valence-corrected chi connectivity index (χ1v) is 4.49. The molecule has 1 aromatic heterocycles. The third-order valence-corrected chi connectivity index (χ3v) is 1.82. The van der Waals surface area contributed by atoms with E-state index in [1.807, 2.05) is 0 Å².